The van der Waals surface area contributed by atoms with Gasteiger partial charge in [-0.15, -0.1) is 0 Å². The minimum absolute atomic E-state index is 0.145. The molecule has 9 rings (SSSR count). The maximum absolute atomic E-state index is 14.7. The monoisotopic (exact) mass is 748 g/mol. The summed E-state index contributed by atoms with van der Waals surface area (Å²) in [4.78, 5) is 65.0. The van der Waals surface area contributed by atoms with Crippen molar-refractivity contribution in [2.24, 2.45) is 29.6 Å². The van der Waals surface area contributed by atoms with E-state index in [1.54, 1.807) is 18.2 Å². The number of methoxy groups -OCH3 is 2. The van der Waals surface area contributed by atoms with Crippen LogP contribution in [-0.4, -0.2) is 95.6 Å². The summed E-state index contributed by atoms with van der Waals surface area (Å²) < 4.78 is 22.2. The van der Waals surface area contributed by atoms with E-state index < -0.39 is 35.5 Å². The van der Waals surface area contributed by atoms with Gasteiger partial charge < -0.3 is 33.9 Å². The summed E-state index contributed by atoms with van der Waals surface area (Å²) >= 11 is 0. The maximum atomic E-state index is 14.7. The highest BCUT2D eigenvalue weighted by atomic mass is 16.5. The smallest absolute Gasteiger partial charge is 0.238 e. The van der Waals surface area contributed by atoms with E-state index in [4.69, 9.17) is 18.9 Å². The highest BCUT2D eigenvalue weighted by Crippen LogP contribution is 2.61. The topological polar surface area (TPSA) is 138 Å². The van der Waals surface area contributed by atoms with Crippen LogP contribution in [0.25, 0.3) is 0 Å². The molecule has 13 nitrogen and oxygen atoms in total. The van der Waals surface area contributed by atoms with Gasteiger partial charge >= 0.3 is 0 Å². The number of imide groups is 2. The standard InChI is InChI=1S/C42H44N4O9/c1-52-28-21-33(47)38(34(22-28)53-2)36-29-11-12-30-35(41(50)45(39(30)48)26-7-3-24(4-8-26)43-13-17-54-18-14-43)31(29)23-32-37(36)42(51)46(40(32)49)27-9-5-25(6-10-27)44-15-19-55-20-16-44/h3-11,21-22,30-32,35-37,47H,12-20,23H2,1-2H3/t30-,31+,32+,35-,36-,37+/m0/s1. The van der Waals surface area contributed by atoms with Crippen molar-refractivity contribution in [2.45, 2.75) is 18.8 Å². The van der Waals surface area contributed by atoms with E-state index in [-0.39, 0.29) is 42.2 Å². The molecule has 0 bridgehead atoms. The molecule has 2 aliphatic carbocycles. The van der Waals surface area contributed by atoms with Crippen molar-refractivity contribution in [2.75, 3.05) is 86.4 Å². The lowest BCUT2D eigenvalue weighted by atomic mass is 9.57. The minimum atomic E-state index is -0.880. The fourth-order valence-corrected chi connectivity index (χ4v) is 9.87. The average Bonchev–Trinajstić information content (AvgIpc) is 3.64. The Morgan fingerprint density at radius 3 is 1.65 bits per heavy atom. The molecular formula is C42H44N4O9. The van der Waals surface area contributed by atoms with E-state index in [0.717, 1.165) is 43.1 Å². The van der Waals surface area contributed by atoms with Gasteiger partial charge in [-0.1, -0.05) is 11.6 Å². The lowest BCUT2D eigenvalue weighted by Gasteiger charge is -2.44. The molecule has 0 radical (unpaired) electrons. The molecule has 4 saturated heterocycles. The number of phenolic OH excluding ortho intramolecular Hbond substituents is 1. The van der Waals surface area contributed by atoms with Crippen LogP contribution in [0.5, 0.6) is 17.2 Å². The van der Waals surface area contributed by atoms with Crippen molar-refractivity contribution in [1.29, 1.82) is 0 Å². The van der Waals surface area contributed by atoms with E-state index in [1.165, 1.54) is 30.1 Å². The van der Waals surface area contributed by atoms with Gasteiger partial charge in [0.05, 0.1) is 75.7 Å². The number of aromatic hydroxyl groups is 1. The summed E-state index contributed by atoms with van der Waals surface area (Å²) in [6.07, 6.45) is 2.46. The fraction of sp³-hybridized carbons (Fsp3) is 0.429. The first-order chi connectivity index (χ1) is 26.8. The normalized spacial score (nSPS) is 27.9. The van der Waals surface area contributed by atoms with Crippen molar-refractivity contribution in [3.05, 3.63) is 77.9 Å². The van der Waals surface area contributed by atoms with Crippen LogP contribution in [0.15, 0.2) is 72.3 Å². The number of carbonyl (C=O) groups excluding carboxylic acids is 4. The number of hydrogen-bond acceptors (Lipinski definition) is 11. The number of ether oxygens (including phenoxy) is 4. The molecule has 3 aromatic rings. The third-order valence-corrected chi connectivity index (χ3v) is 12.5. The Labute approximate surface area is 319 Å². The number of rotatable bonds is 7. The van der Waals surface area contributed by atoms with E-state index >= 15 is 0 Å². The van der Waals surface area contributed by atoms with E-state index in [2.05, 4.69) is 9.80 Å². The Hall–Kier alpha value is -5.40. The average molecular weight is 749 g/mol. The van der Waals surface area contributed by atoms with Gasteiger partial charge in [0.1, 0.15) is 17.2 Å². The first-order valence-electron chi connectivity index (χ1n) is 19.0. The number of allylic oxidation sites excluding steroid dienone is 2. The highest BCUT2D eigenvalue weighted by Gasteiger charge is 2.63. The molecule has 0 unspecified atom stereocenters. The van der Waals surface area contributed by atoms with E-state index in [1.807, 2.05) is 42.5 Å². The van der Waals surface area contributed by atoms with Gasteiger partial charge in [-0.2, -0.15) is 0 Å². The number of nitrogens with zero attached hydrogens (tertiary/aromatic N) is 4. The molecule has 1 saturated carbocycles. The molecule has 13 heteroatoms. The number of hydrogen-bond donors (Lipinski definition) is 1. The van der Waals surface area contributed by atoms with Gasteiger partial charge in [0.25, 0.3) is 0 Å². The lowest BCUT2D eigenvalue weighted by Crippen LogP contribution is -2.43. The SMILES string of the molecule is COc1cc(O)c([C@H]2C3=CC[C@@H]4C(=O)N(c5ccc(N6CCOCC6)cc5)C(=O)[C@@H]4[C@@H]3C[C@H]3C(=O)N(c4ccc(N5CCOCC5)cc4)C(=O)[C@@H]23)c(OC)c1. The first-order valence-corrected chi connectivity index (χ1v) is 19.0. The quantitative estimate of drug-likeness (QED) is 0.276. The third-order valence-electron chi connectivity index (χ3n) is 12.5. The summed E-state index contributed by atoms with van der Waals surface area (Å²) in [6.45, 7) is 5.55. The van der Waals surface area contributed by atoms with E-state index in [0.29, 0.717) is 54.9 Å². The Balaban J connectivity index is 1.08. The van der Waals surface area contributed by atoms with Gasteiger partial charge in [0.2, 0.25) is 23.6 Å². The second-order valence-electron chi connectivity index (χ2n) is 15.0. The molecule has 6 aliphatic rings. The van der Waals surface area contributed by atoms with Crippen molar-refractivity contribution in [3.63, 3.8) is 0 Å². The van der Waals surface area contributed by atoms with Gasteiger partial charge in [0, 0.05) is 61.2 Å². The second-order valence-corrected chi connectivity index (χ2v) is 15.0. The van der Waals surface area contributed by atoms with Crippen LogP contribution in [0.1, 0.15) is 24.3 Å². The molecule has 4 aliphatic heterocycles. The molecule has 3 aromatic carbocycles. The van der Waals surface area contributed by atoms with Crippen molar-refractivity contribution in [1.82, 2.24) is 0 Å². The van der Waals surface area contributed by atoms with Crippen LogP contribution >= 0.6 is 0 Å². The number of carbonyl (C=O) groups is 4. The van der Waals surface area contributed by atoms with Crippen LogP contribution in [0.3, 0.4) is 0 Å². The van der Waals surface area contributed by atoms with Gasteiger partial charge in [-0.3, -0.25) is 29.0 Å². The van der Waals surface area contributed by atoms with Gasteiger partial charge in [-0.25, -0.2) is 0 Å². The van der Waals surface area contributed by atoms with Gasteiger partial charge in [-0.05, 0) is 67.3 Å². The summed E-state index contributed by atoms with van der Waals surface area (Å²) in [5.74, 6) is -5.22. The maximum Gasteiger partial charge on any atom is 0.238 e. The Morgan fingerprint density at radius 2 is 1.13 bits per heavy atom. The minimum Gasteiger partial charge on any atom is -0.507 e. The zero-order chi connectivity index (χ0) is 38.0. The number of benzene rings is 3. The van der Waals surface area contributed by atoms with Crippen LogP contribution in [0.2, 0.25) is 0 Å². The van der Waals surface area contributed by atoms with E-state index in [9.17, 15) is 24.3 Å². The zero-order valence-electron chi connectivity index (χ0n) is 30.9. The predicted molar refractivity (Wildman–Crippen MR) is 203 cm³/mol. The summed E-state index contributed by atoms with van der Waals surface area (Å²) in [5.41, 5.74) is 4.04. The molecule has 6 atom stereocenters. The molecule has 286 valence electrons. The van der Waals surface area contributed by atoms with Crippen LogP contribution in [0.4, 0.5) is 22.7 Å². The molecule has 0 spiro atoms. The number of phenols is 1. The predicted octanol–water partition coefficient (Wildman–Crippen LogP) is 4.13. The number of morpholine rings is 2. The molecular weight excluding hydrogens is 704 g/mol. The van der Waals surface area contributed by atoms with Crippen LogP contribution < -0.4 is 29.1 Å². The molecule has 55 heavy (non-hydrogen) atoms. The van der Waals surface area contributed by atoms with Crippen molar-refractivity contribution >= 4 is 46.4 Å². The summed E-state index contributed by atoms with van der Waals surface area (Å²) in [7, 11) is 2.96. The van der Waals surface area contributed by atoms with Crippen molar-refractivity contribution in [3.8, 4) is 17.2 Å². The number of fused-ring (bicyclic) bond motifs is 4. The Kier molecular flexibility index (Phi) is 9.01. The first kappa shape index (κ1) is 35.3. The van der Waals surface area contributed by atoms with Crippen LogP contribution in [-0.2, 0) is 28.7 Å². The van der Waals surface area contributed by atoms with Gasteiger partial charge in [0.15, 0.2) is 0 Å². The summed E-state index contributed by atoms with van der Waals surface area (Å²) in [5, 5.41) is 11.6. The fourth-order valence-electron chi connectivity index (χ4n) is 9.87. The number of anilines is 4. The number of amides is 4. The highest BCUT2D eigenvalue weighted by molar-refractivity contribution is 6.24. The Bertz CT molecular complexity index is 2060. The molecule has 4 amide bonds. The molecule has 1 N–H and O–H groups in total. The lowest BCUT2D eigenvalue weighted by molar-refractivity contribution is -0.126. The third kappa shape index (κ3) is 5.74. The molecule has 4 heterocycles. The molecule has 0 aromatic heterocycles. The Morgan fingerprint density at radius 1 is 0.618 bits per heavy atom. The summed E-state index contributed by atoms with van der Waals surface area (Å²) in [6, 6.07) is 18.0. The zero-order valence-corrected chi connectivity index (χ0v) is 30.9. The second kappa shape index (κ2) is 14.0. The largest absolute Gasteiger partial charge is 0.507 e. The molecule has 5 fully saturated rings. The van der Waals surface area contributed by atoms with Crippen LogP contribution in [0, 0.1) is 29.6 Å². The van der Waals surface area contributed by atoms with Crippen molar-refractivity contribution < 1.29 is 43.2 Å².